The Bertz CT molecular complexity index is 482. The first-order valence-corrected chi connectivity index (χ1v) is 5.90. The van der Waals surface area contributed by atoms with Crippen molar-refractivity contribution in [3.05, 3.63) is 21.3 Å². The van der Waals surface area contributed by atoms with Crippen molar-refractivity contribution in [2.45, 2.75) is 12.5 Å². The molecule has 3 N–H and O–H groups in total. The lowest BCUT2D eigenvalue weighted by atomic mass is 10.2. The molecular weight excluding hydrogens is 258 g/mol. The van der Waals surface area contributed by atoms with Gasteiger partial charge in [-0.15, -0.1) is 0 Å². The van der Waals surface area contributed by atoms with Crippen molar-refractivity contribution < 1.29 is 4.92 Å². The molecule has 0 saturated carbocycles. The van der Waals surface area contributed by atoms with Crippen LogP contribution in [0.5, 0.6) is 0 Å². The molecule has 2 heterocycles. The summed E-state index contributed by atoms with van der Waals surface area (Å²) in [6.45, 7) is 1.76. The summed E-state index contributed by atoms with van der Waals surface area (Å²) in [5.41, 5.74) is 5.54. The van der Waals surface area contributed by atoms with Crippen LogP contribution in [0.3, 0.4) is 0 Å². The molecule has 0 unspecified atom stereocenters. The maximum Gasteiger partial charge on any atom is 0.335 e. The van der Waals surface area contributed by atoms with Crippen molar-refractivity contribution in [3.8, 4) is 0 Å². The summed E-state index contributed by atoms with van der Waals surface area (Å²) < 4.78 is 0. The van der Waals surface area contributed by atoms with Gasteiger partial charge >= 0.3 is 5.69 Å². The molecule has 0 bridgehead atoms. The highest BCUT2D eigenvalue weighted by atomic mass is 35.5. The molecule has 0 spiro atoms. The normalized spacial score (nSPS) is 20.0. The molecule has 1 atom stereocenters. The van der Waals surface area contributed by atoms with E-state index in [9.17, 15) is 10.1 Å². The number of rotatable bonds is 3. The third kappa shape index (κ3) is 2.46. The first kappa shape index (κ1) is 12.8. The summed E-state index contributed by atoms with van der Waals surface area (Å²) >= 11 is 5.96. The van der Waals surface area contributed by atoms with Crippen molar-refractivity contribution >= 4 is 28.8 Å². The molecule has 1 fully saturated rings. The zero-order valence-electron chi connectivity index (χ0n) is 9.89. The second-order valence-corrected chi connectivity index (χ2v) is 4.77. The summed E-state index contributed by atoms with van der Waals surface area (Å²) in [5.74, 6) is -0.127. The predicted molar refractivity (Wildman–Crippen MR) is 69.8 cm³/mol. The standard InChI is InChI=1S/C10H14ClN5O2/c1-15-3-2-6(5-15)14-8-7(11)4-13-10(12)9(8)16(17)18/h4,6H,2-3,5H2,1H3,(H3,12,13,14)/t6-/m0/s1. The van der Waals surface area contributed by atoms with E-state index >= 15 is 0 Å². The van der Waals surface area contributed by atoms with Crippen LogP contribution in [0.15, 0.2) is 6.20 Å². The molecule has 2 rings (SSSR count). The maximum atomic E-state index is 11.0. The number of nitrogens with two attached hydrogens (primary N) is 1. The van der Waals surface area contributed by atoms with Gasteiger partial charge in [-0.2, -0.15) is 0 Å². The van der Waals surface area contributed by atoms with E-state index in [1.54, 1.807) is 0 Å². The van der Waals surface area contributed by atoms with Gasteiger partial charge in [-0.1, -0.05) is 11.6 Å². The molecule has 1 saturated heterocycles. The van der Waals surface area contributed by atoms with Crippen LogP contribution < -0.4 is 11.1 Å². The Morgan fingerprint density at radius 1 is 1.72 bits per heavy atom. The van der Waals surface area contributed by atoms with E-state index in [1.165, 1.54) is 6.20 Å². The monoisotopic (exact) mass is 271 g/mol. The zero-order valence-corrected chi connectivity index (χ0v) is 10.6. The van der Waals surface area contributed by atoms with Gasteiger partial charge in [-0.3, -0.25) is 10.1 Å². The molecule has 0 amide bonds. The summed E-state index contributed by atoms with van der Waals surface area (Å²) in [6.07, 6.45) is 2.23. The van der Waals surface area contributed by atoms with Crippen molar-refractivity contribution in [3.63, 3.8) is 0 Å². The Kier molecular flexibility index (Phi) is 3.53. The van der Waals surface area contributed by atoms with Gasteiger partial charge in [0.1, 0.15) is 5.69 Å². The first-order valence-electron chi connectivity index (χ1n) is 5.52. The number of aromatic nitrogens is 1. The highest BCUT2D eigenvalue weighted by molar-refractivity contribution is 6.33. The van der Waals surface area contributed by atoms with E-state index in [-0.39, 0.29) is 28.3 Å². The molecule has 1 aliphatic heterocycles. The summed E-state index contributed by atoms with van der Waals surface area (Å²) in [7, 11) is 2.00. The lowest BCUT2D eigenvalue weighted by molar-refractivity contribution is -0.383. The number of nitro groups is 1. The summed E-state index contributed by atoms with van der Waals surface area (Å²) in [4.78, 5) is 16.3. The maximum absolute atomic E-state index is 11.0. The van der Waals surface area contributed by atoms with Crippen LogP contribution in [0.1, 0.15) is 6.42 Å². The molecule has 1 aromatic heterocycles. The second kappa shape index (κ2) is 4.95. The van der Waals surface area contributed by atoms with Crippen molar-refractivity contribution in [1.29, 1.82) is 0 Å². The third-order valence-corrected chi connectivity index (χ3v) is 3.24. The van der Waals surface area contributed by atoms with Crippen molar-refractivity contribution in [2.75, 3.05) is 31.2 Å². The lowest BCUT2D eigenvalue weighted by Gasteiger charge is -2.15. The molecule has 8 heteroatoms. The van der Waals surface area contributed by atoms with Gasteiger partial charge in [-0.05, 0) is 20.0 Å². The number of nitrogens with zero attached hydrogens (tertiary/aromatic N) is 3. The zero-order chi connectivity index (χ0) is 13.3. The van der Waals surface area contributed by atoms with Crippen molar-refractivity contribution in [2.24, 2.45) is 0 Å². The van der Waals surface area contributed by atoms with Gasteiger partial charge in [0.2, 0.25) is 5.82 Å². The summed E-state index contributed by atoms with van der Waals surface area (Å²) in [5, 5.41) is 14.3. The smallest absolute Gasteiger partial charge is 0.335 e. The van der Waals surface area contributed by atoms with Gasteiger partial charge in [0, 0.05) is 12.6 Å². The van der Waals surface area contributed by atoms with Crippen LogP contribution in [0.4, 0.5) is 17.2 Å². The van der Waals surface area contributed by atoms with E-state index < -0.39 is 4.92 Å². The third-order valence-electron chi connectivity index (χ3n) is 2.96. The van der Waals surface area contributed by atoms with Crippen LogP contribution in [0, 0.1) is 10.1 Å². The molecule has 7 nitrogen and oxygen atoms in total. The fraction of sp³-hybridized carbons (Fsp3) is 0.500. The number of hydrogen-bond acceptors (Lipinski definition) is 6. The molecule has 1 aromatic rings. The van der Waals surface area contributed by atoms with Gasteiger partial charge in [-0.25, -0.2) is 4.98 Å². The quantitative estimate of drug-likeness (QED) is 0.636. The second-order valence-electron chi connectivity index (χ2n) is 4.36. The van der Waals surface area contributed by atoms with Gasteiger partial charge < -0.3 is 16.0 Å². The minimum absolute atomic E-state index is 0.127. The molecule has 0 aliphatic carbocycles. The predicted octanol–water partition coefficient (Wildman–Crippen LogP) is 1.34. The molecular formula is C10H14ClN5O2. The Morgan fingerprint density at radius 2 is 2.44 bits per heavy atom. The number of nitrogens with one attached hydrogen (secondary N) is 1. The SMILES string of the molecule is CN1CC[C@H](Nc2c(Cl)cnc(N)c2[N+](=O)[O-])C1. The average molecular weight is 272 g/mol. The molecule has 1 aliphatic rings. The number of likely N-dealkylation sites (N-methyl/N-ethyl adjacent to an activating group) is 1. The van der Waals surface area contributed by atoms with E-state index in [0.29, 0.717) is 0 Å². The topological polar surface area (TPSA) is 97.3 Å². The Hall–Kier alpha value is -1.60. The van der Waals surface area contributed by atoms with Gasteiger partial charge in [0.05, 0.1) is 16.1 Å². The lowest BCUT2D eigenvalue weighted by Crippen LogP contribution is -2.24. The number of nitrogen functional groups attached to an aromatic ring is 1. The Morgan fingerprint density at radius 3 is 3.00 bits per heavy atom. The average Bonchev–Trinajstić information content (AvgIpc) is 2.69. The van der Waals surface area contributed by atoms with Crippen molar-refractivity contribution in [1.82, 2.24) is 9.88 Å². The number of likely N-dealkylation sites (tertiary alicyclic amines) is 1. The summed E-state index contributed by atoms with van der Waals surface area (Å²) in [6, 6.07) is 0.132. The Balaban J connectivity index is 2.31. The van der Waals surface area contributed by atoms with Crippen LogP contribution in [0.2, 0.25) is 5.02 Å². The molecule has 18 heavy (non-hydrogen) atoms. The van der Waals surface area contributed by atoms with E-state index in [2.05, 4.69) is 15.2 Å². The highest BCUT2D eigenvalue weighted by Crippen LogP contribution is 2.36. The van der Waals surface area contributed by atoms with Crippen LogP contribution in [-0.4, -0.2) is 41.0 Å². The number of halogens is 1. The molecule has 0 radical (unpaired) electrons. The number of hydrogen-bond donors (Lipinski definition) is 2. The minimum atomic E-state index is -0.560. The van der Waals surface area contributed by atoms with Gasteiger partial charge in [0.15, 0.2) is 0 Å². The fourth-order valence-electron chi connectivity index (χ4n) is 2.07. The number of anilines is 2. The molecule has 98 valence electrons. The van der Waals surface area contributed by atoms with E-state index in [1.807, 2.05) is 7.05 Å². The van der Waals surface area contributed by atoms with E-state index in [4.69, 9.17) is 17.3 Å². The number of pyridine rings is 1. The van der Waals surface area contributed by atoms with Crippen LogP contribution >= 0.6 is 11.6 Å². The van der Waals surface area contributed by atoms with Gasteiger partial charge in [0.25, 0.3) is 0 Å². The Labute approximate surface area is 109 Å². The highest BCUT2D eigenvalue weighted by Gasteiger charge is 2.27. The van der Waals surface area contributed by atoms with Crippen LogP contribution in [-0.2, 0) is 0 Å². The van der Waals surface area contributed by atoms with Crippen LogP contribution in [0.25, 0.3) is 0 Å². The first-order chi connectivity index (χ1) is 8.49. The fourth-order valence-corrected chi connectivity index (χ4v) is 2.27. The van der Waals surface area contributed by atoms with E-state index in [0.717, 1.165) is 19.5 Å². The molecule has 0 aromatic carbocycles. The minimum Gasteiger partial charge on any atom is -0.378 e. The largest absolute Gasteiger partial charge is 0.378 e.